The third-order valence-corrected chi connectivity index (χ3v) is 3.60. The zero-order valence-corrected chi connectivity index (χ0v) is 13.0. The van der Waals surface area contributed by atoms with Crippen molar-refractivity contribution in [1.29, 1.82) is 0 Å². The van der Waals surface area contributed by atoms with Crippen LogP contribution in [0.25, 0.3) is 11.4 Å². The van der Waals surface area contributed by atoms with Crippen LogP contribution in [0.3, 0.4) is 0 Å². The number of ether oxygens (including phenoxy) is 2. The maximum Gasteiger partial charge on any atom is 0.184 e. The van der Waals surface area contributed by atoms with Crippen molar-refractivity contribution in [3.05, 3.63) is 59.9 Å². The van der Waals surface area contributed by atoms with Gasteiger partial charge in [0, 0.05) is 0 Å². The molecule has 1 heterocycles. The van der Waals surface area contributed by atoms with Crippen molar-refractivity contribution in [2.45, 2.75) is 6.04 Å². The van der Waals surface area contributed by atoms with Gasteiger partial charge in [-0.1, -0.05) is 24.3 Å². The standard InChI is InChI=1S/C17H18N4O2/c1-22-12-7-5-6-11(10-12)15(18)17-19-16(20-21-17)13-8-3-4-9-14(13)23-2/h3-10,15H,18H2,1-2H3,(H,19,20,21)/t15-/m1/s1. The first kappa shape index (κ1) is 15.1. The number of hydrogen-bond acceptors (Lipinski definition) is 5. The second kappa shape index (κ2) is 6.50. The van der Waals surface area contributed by atoms with Crippen LogP contribution in [-0.4, -0.2) is 29.4 Å². The number of nitrogens with one attached hydrogen (secondary N) is 1. The van der Waals surface area contributed by atoms with E-state index in [0.29, 0.717) is 17.4 Å². The minimum atomic E-state index is -0.416. The SMILES string of the molecule is COc1cccc([C@@H](N)c2nc(-c3ccccc3OC)n[nH]2)c1. The minimum Gasteiger partial charge on any atom is -0.497 e. The van der Waals surface area contributed by atoms with Crippen molar-refractivity contribution in [3.8, 4) is 22.9 Å². The Balaban J connectivity index is 1.92. The molecule has 0 bridgehead atoms. The zero-order chi connectivity index (χ0) is 16.2. The number of H-pyrrole nitrogens is 1. The molecule has 3 N–H and O–H groups in total. The van der Waals surface area contributed by atoms with Crippen molar-refractivity contribution in [2.75, 3.05) is 14.2 Å². The second-order valence-corrected chi connectivity index (χ2v) is 5.00. The summed E-state index contributed by atoms with van der Waals surface area (Å²) in [5.74, 6) is 2.60. The van der Waals surface area contributed by atoms with E-state index >= 15 is 0 Å². The van der Waals surface area contributed by atoms with Crippen LogP contribution >= 0.6 is 0 Å². The van der Waals surface area contributed by atoms with Gasteiger partial charge in [-0.25, -0.2) is 4.98 Å². The van der Waals surface area contributed by atoms with Crippen LogP contribution < -0.4 is 15.2 Å². The summed E-state index contributed by atoms with van der Waals surface area (Å²) in [6.07, 6.45) is 0. The summed E-state index contributed by atoms with van der Waals surface area (Å²) in [4.78, 5) is 4.51. The van der Waals surface area contributed by atoms with Gasteiger partial charge in [0.15, 0.2) is 5.82 Å². The van der Waals surface area contributed by atoms with Crippen LogP contribution in [0.4, 0.5) is 0 Å². The number of aromatic nitrogens is 3. The van der Waals surface area contributed by atoms with Crippen molar-refractivity contribution < 1.29 is 9.47 Å². The monoisotopic (exact) mass is 310 g/mol. The van der Waals surface area contributed by atoms with E-state index in [1.807, 2.05) is 48.5 Å². The van der Waals surface area contributed by atoms with Gasteiger partial charge in [0.05, 0.1) is 25.8 Å². The van der Waals surface area contributed by atoms with E-state index in [2.05, 4.69) is 15.2 Å². The predicted octanol–water partition coefficient (Wildman–Crippen LogP) is 2.54. The lowest BCUT2D eigenvalue weighted by atomic mass is 10.1. The summed E-state index contributed by atoms with van der Waals surface area (Å²) >= 11 is 0. The molecule has 0 fully saturated rings. The molecule has 3 rings (SSSR count). The fraction of sp³-hybridized carbons (Fsp3) is 0.176. The molecule has 0 spiro atoms. The number of nitrogens with two attached hydrogens (primary N) is 1. The van der Waals surface area contributed by atoms with E-state index in [4.69, 9.17) is 15.2 Å². The number of benzene rings is 2. The number of nitrogens with zero attached hydrogens (tertiary/aromatic N) is 2. The zero-order valence-electron chi connectivity index (χ0n) is 13.0. The summed E-state index contributed by atoms with van der Waals surface area (Å²) in [5.41, 5.74) is 7.99. The lowest BCUT2D eigenvalue weighted by molar-refractivity contribution is 0.414. The van der Waals surface area contributed by atoms with Crippen LogP contribution in [0.2, 0.25) is 0 Å². The summed E-state index contributed by atoms with van der Waals surface area (Å²) in [6, 6.07) is 14.8. The van der Waals surface area contributed by atoms with E-state index in [0.717, 1.165) is 16.9 Å². The average Bonchev–Trinajstić information content (AvgIpc) is 3.11. The molecule has 118 valence electrons. The first-order chi connectivity index (χ1) is 11.2. The van der Waals surface area contributed by atoms with Crippen LogP contribution in [0.15, 0.2) is 48.5 Å². The molecule has 0 aliphatic carbocycles. The Bertz CT molecular complexity index is 801. The van der Waals surface area contributed by atoms with E-state index in [9.17, 15) is 0 Å². The Morgan fingerprint density at radius 2 is 1.87 bits per heavy atom. The smallest absolute Gasteiger partial charge is 0.184 e. The van der Waals surface area contributed by atoms with E-state index in [1.165, 1.54) is 0 Å². The van der Waals surface area contributed by atoms with Gasteiger partial charge in [0.25, 0.3) is 0 Å². The van der Waals surface area contributed by atoms with E-state index < -0.39 is 6.04 Å². The normalized spacial score (nSPS) is 12.0. The molecule has 1 aromatic heterocycles. The molecule has 0 saturated heterocycles. The first-order valence-electron chi connectivity index (χ1n) is 7.18. The van der Waals surface area contributed by atoms with Gasteiger partial charge in [0.1, 0.15) is 17.3 Å². The van der Waals surface area contributed by atoms with Gasteiger partial charge < -0.3 is 15.2 Å². The Morgan fingerprint density at radius 1 is 1.04 bits per heavy atom. The fourth-order valence-corrected chi connectivity index (χ4v) is 2.36. The van der Waals surface area contributed by atoms with E-state index in [-0.39, 0.29) is 0 Å². The van der Waals surface area contributed by atoms with Gasteiger partial charge in [-0.05, 0) is 29.8 Å². The molecule has 0 unspecified atom stereocenters. The van der Waals surface area contributed by atoms with Gasteiger partial charge in [-0.2, -0.15) is 5.10 Å². The number of methoxy groups -OCH3 is 2. The highest BCUT2D eigenvalue weighted by atomic mass is 16.5. The lowest BCUT2D eigenvalue weighted by Gasteiger charge is -2.10. The van der Waals surface area contributed by atoms with Crippen molar-refractivity contribution >= 4 is 0 Å². The largest absolute Gasteiger partial charge is 0.497 e. The topological polar surface area (TPSA) is 86.1 Å². The Kier molecular flexibility index (Phi) is 4.25. The summed E-state index contributed by atoms with van der Waals surface area (Å²) in [6.45, 7) is 0. The van der Waals surface area contributed by atoms with Crippen molar-refractivity contribution in [2.24, 2.45) is 5.73 Å². The summed E-state index contributed by atoms with van der Waals surface area (Å²) in [7, 11) is 3.24. The molecule has 0 amide bonds. The molecule has 0 aliphatic heterocycles. The third kappa shape index (κ3) is 3.02. The first-order valence-corrected chi connectivity index (χ1v) is 7.18. The van der Waals surface area contributed by atoms with Gasteiger partial charge >= 0.3 is 0 Å². The van der Waals surface area contributed by atoms with Gasteiger partial charge in [-0.3, -0.25) is 5.10 Å². The fourth-order valence-electron chi connectivity index (χ4n) is 2.36. The van der Waals surface area contributed by atoms with Gasteiger partial charge in [-0.15, -0.1) is 0 Å². The molecule has 6 nitrogen and oxygen atoms in total. The molecule has 23 heavy (non-hydrogen) atoms. The maximum absolute atomic E-state index is 6.28. The molecule has 3 aromatic rings. The maximum atomic E-state index is 6.28. The van der Waals surface area contributed by atoms with Crippen LogP contribution in [0.5, 0.6) is 11.5 Å². The third-order valence-electron chi connectivity index (χ3n) is 3.60. The minimum absolute atomic E-state index is 0.416. The molecule has 2 aromatic carbocycles. The number of hydrogen-bond donors (Lipinski definition) is 2. The molecule has 1 atom stereocenters. The van der Waals surface area contributed by atoms with Gasteiger partial charge in [0.2, 0.25) is 0 Å². The summed E-state index contributed by atoms with van der Waals surface area (Å²) < 4.78 is 10.6. The second-order valence-electron chi connectivity index (χ2n) is 5.00. The quantitative estimate of drug-likeness (QED) is 0.756. The molecule has 6 heteroatoms. The molecule has 0 radical (unpaired) electrons. The molecular formula is C17H18N4O2. The van der Waals surface area contributed by atoms with Crippen LogP contribution in [0.1, 0.15) is 17.4 Å². The molecule has 0 saturated carbocycles. The number of para-hydroxylation sites is 1. The lowest BCUT2D eigenvalue weighted by Crippen LogP contribution is -2.13. The Hall–Kier alpha value is -2.86. The highest BCUT2D eigenvalue weighted by Crippen LogP contribution is 2.28. The van der Waals surface area contributed by atoms with E-state index in [1.54, 1.807) is 14.2 Å². The van der Waals surface area contributed by atoms with Crippen molar-refractivity contribution in [1.82, 2.24) is 15.2 Å². The predicted molar refractivity (Wildman–Crippen MR) is 87.4 cm³/mol. The number of rotatable bonds is 5. The summed E-state index contributed by atoms with van der Waals surface area (Å²) in [5, 5.41) is 7.17. The Labute approximate surface area is 134 Å². The average molecular weight is 310 g/mol. The number of aromatic amines is 1. The highest BCUT2D eigenvalue weighted by Gasteiger charge is 2.17. The highest BCUT2D eigenvalue weighted by molar-refractivity contribution is 5.63. The van der Waals surface area contributed by atoms with Crippen LogP contribution in [-0.2, 0) is 0 Å². The molecular weight excluding hydrogens is 292 g/mol. The van der Waals surface area contributed by atoms with Crippen LogP contribution in [0, 0.1) is 0 Å². The Morgan fingerprint density at radius 3 is 2.65 bits per heavy atom. The van der Waals surface area contributed by atoms with Crippen molar-refractivity contribution in [3.63, 3.8) is 0 Å². The molecule has 0 aliphatic rings.